The van der Waals surface area contributed by atoms with Gasteiger partial charge in [0, 0.05) is 19.2 Å². The molecule has 1 heteroatoms. The molecule has 2 rings (SSSR count). The summed E-state index contributed by atoms with van der Waals surface area (Å²) >= 11 is 0. The highest BCUT2D eigenvalue weighted by Gasteiger charge is 2.08. The molecule has 0 aromatic heterocycles. The molecular weight excluding hydrogens is 194 g/mol. The van der Waals surface area contributed by atoms with Crippen LogP contribution in [0, 0.1) is 11.8 Å². The van der Waals surface area contributed by atoms with E-state index in [1.165, 1.54) is 5.69 Å². The maximum Gasteiger partial charge on any atom is 0.109 e. The number of para-hydroxylation sites is 1. The van der Waals surface area contributed by atoms with Gasteiger partial charge < -0.3 is 4.90 Å². The lowest BCUT2D eigenvalue weighted by molar-refractivity contribution is 0.915. The van der Waals surface area contributed by atoms with Crippen LogP contribution in [0.1, 0.15) is 6.42 Å². The minimum atomic E-state index is 0.160. The van der Waals surface area contributed by atoms with Gasteiger partial charge >= 0.3 is 0 Å². The topological polar surface area (TPSA) is 3.24 Å². The molecule has 0 N–H and O–H groups in total. The lowest BCUT2D eigenvalue weighted by atomic mass is 10.1. The van der Waals surface area contributed by atoms with E-state index in [1.807, 2.05) is 18.2 Å². The van der Waals surface area contributed by atoms with Crippen molar-refractivity contribution in [1.29, 1.82) is 0 Å². The summed E-state index contributed by atoms with van der Waals surface area (Å²) in [7, 11) is 2.07. The van der Waals surface area contributed by atoms with Crippen LogP contribution >= 0.6 is 0 Å². The van der Waals surface area contributed by atoms with Crippen LogP contribution in [0.15, 0.2) is 54.6 Å². The molecule has 1 nitrogen and oxygen atoms in total. The fourth-order valence-electron chi connectivity index (χ4n) is 1.64. The van der Waals surface area contributed by atoms with Crippen molar-refractivity contribution in [3.8, 4) is 11.8 Å². The Morgan fingerprint density at radius 2 is 2.00 bits per heavy atom. The molecular formula is C15H15N. The number of nitrogens with zero attached hydrogens (tertiary/aromatic N) is 1. The van der Waals surface area contributed by atoms with Crippen LogP contribution in [-0.4, -0.2) is 13.1 Å². The first-order chi connectivity index (χ1) is 7.88. The molecule has 0 fully saturated rings. The van der Waals surface area contributed by atoms with Crippen LogP contribution in [0.25, 0.3) is 0 Å². The van der Waals surface area contributed by atoms with Crippen molar-refractivity contribution in [2.24, 2.45) is 0 Å². The summed E-state index contributed by atoms with van der Waals surface area (Å²) in [5.41, 5.74) is 1.19. The van der Waals surface area contributed by atoms with Gasteiger partial charge in [0.05, 0.1) is 0 Å². The van der Waals surface area contributed by atoms with Crippen LogP contribution in [0.2, 0.25) is 0 Å². The zero-order valence-corrected chi connectivity index (χ0v) is 9.43. The summed E-state index contributed by atoms with van der Waals surface area (Å²) in [5.74, 6) is 6.42. The molecule has 1 aliphatic carbocycles. The minimum Gasteiger partial charge on any atom is -0.357 e. The van der Waals surface area contributed by atoms with Crippen LogP contribution in [0.5, 0.6) is 0 Å². The first-order valence-electron chi connectivity index (χ1n) is 5.47. The Hall–Kier alpha value is -1.94. The highest BCUT2D eigenvalue weighted by molar-refractivity contribution is 5.50. The van der Waals surface area contributed by atoms with E-state index >= 15 is 0 Å². The van der Waals surface area contributed by atoms with Crippen LogP contribution in [0.3, 0.4) is 0 Å². The van der Waals surface area contributed by atoms with Gasteiger partial charge in [-0.15, -0.1) is 0 Å². The summed E-state index contributed by atoms with van der Waals surface area (Å²) in [5, 5.41) is 0. The fraction of sp³-hybridized carbons (Fsp3) is 0.200. The number of hydrogen-bond donors (Lipinski definition) is 0. The molecule has 1 atom stereocenters. The molecule has 16 heavy (non-hydrogen) atoms. The molecule has 0 spiro atoms. The molecule has 1 unspecified atom stereocenters. The van der Waals surface area contributed by atoms with Gasteiger partial charge in [-0.3, -0.25) is 0 Å². The molecule has 0 bridgehead atoms. The van der Waals surface area contributed by atoms with Gasteiger partial charge in [-0.1, -0.05) is 54.3 Å². The second kappa shape index (κ2) is 5.23. The van der Waals surface area contributed by atoms with E-state index < -0.39 is 0 Å². The van der Waals surface area contributed by atoms with Crippen LogP contribution in [0.4, 0.5) is 5.69 Å². The zero-order valence-electron chi connectivity index (χ0n) is 9.43. The molecule has 80 valence electrons. The van der Waals surface area contributed by atoms with Crippen molar-refractivity contribution >= 4 is 5.69 Å². The second-order valence-corrected chi connectivity index (χ2v) is 3.73. The van der Waals surface area contributed by atoms with Gasteiger partial charge in [0.15, 0.2) is 0 Å². The average Bonchev–Trinajstić information content (AvgIpc) is 2.29. The summed E-state index contributed by atoms with van der Waals surface area (Å²) in [4.78, 5) is 2.18. The van der Waals surface area contributed by atoms with E-state index in [0.717, 1.165) is 6.42 Å². The third-order valence-electron chi connectivity index (χ3n) is 2.59. The Kier molecular flexibility index (Phi) is 3.46. The minimum absolute atomic E-state index is 0.160. The third-order valence-corrected chi connectivity index (χ3v) is 2.59. The van der Waals surface area contributed by atoms with Crippen molar-refractivity contribution in [3.63, 3.8) is 0 Å². The maximum atomic E-state index is 3.26. The summed E-state index contributed by atoms with van der Waals surface area (Å²) in [6, 6.07) is 10.5. The average molecular weight is 209 g/mol. The molecule has 0 saturated carbocycles. The molecule has 0 aliphatic heterocycles. The van der Waals surface area contributed by atoms with Gasteiger partial charge in [0.25, 0.3) is 0 Å². The van der Waals surface area contributed by atoms with E-state index in [2.05, 4.69) is 60.2 Å². The number of allylic oxidation sites excluding steroid dienone is 3. The Morgan fingerprint density at radius 3 is 2.81 bits per heavy atom. The molecule has 0 heterocycles. The monoisotopic (exact) mass is 209 g/mol. The van der Waals surface area contributed by atoms with E-state index in [0.29, 0.717) is 0 Å². The molecule has 0 radical (unpaired) electrons. The number of hydrogen-bond acceptors (Lipinski definition) is 1. The van der Waals surface area contributed by atoms with Crippen molar-refractivity contribution in [2.75, 3.05) is 11.9 Å². The molecule has 0 amide bonds. The highest BCUT2D eigenvalue weighted by Crippen LogP contribution is 2.15. The predicted octanol–water partition coefficient (Wildman–Crippen LogP) is 3.01. The standard InChI is InChI=1S/C15H15N/c1-16(15-12-8-5-9-13-15)14-10-6-3-2-4-7-11-14/h2-3,5-6,8-10,12-14H,4H2,1H3/b3-2-,10-6-. The largest absolute Gasteiger partial charge is 0.357 e. The normalized spacial score (nSPS) is 22.2. The van der Waals surface area contributed by atoms with E-state index in [-0.39, 0.29) is 6.04 Å². The SMILES string of the molecule is CN(c1ccccc1)C1C#CC/C=C\C=C/1. The van der Waals surface area contributed by atoms with E-state index in [4.69, 9.17) is 0 Å². The summed E-state index contributed by atoms with van der Waals surface area (Å²) < 4.78 is 0. The lowest BCUT2D eigenvalue weighted by Gasteiger charge is -2.23. The van der Waals surface area contributed by atoms with Crippen LogP contribution < -0.4 is 4.90 Å². The zero-order chi connectivity index (χ0) is 11.2. The number of likely N-dealkylation sites (N-methyl/N-ethyl adjacent to an activating group) is 1. The fourth-order valence-corrected chi connectivity index (χ4v) is 1.64. The summed E-state index contributed by atoms with van der Waals surface area (Å²) in [6.07, 6.45) is 9.15. The Labute approximate surface area is 97.1 Å². The lowest BCUT2D eigenvalue weighted by Crippen LogP contribution is -2.28. The third kappa shape index (κ3) is 2.55. The molecule has 1 aromatic carbocycles. The smallest absolute Gasteiger partial charge is 0.109 e. The number of benzene rings is 1. The van der Waals surface area contributed by atoms with Crippen molar-refractivity contribution in [3.05, 3.63) is 54.6 Å². The maximum absolute atomic E-state index is 3.26. The first-order valence-corrected chi connectivity index (χ1v) is 5.47. The Bertz CT molecular complexity index is 445. The predicted molar refractivity (Wildman–Crippen MR) is 69.3 cm³/mol. The molecule has 1 aliphatic rings. The Morgan fingerprint density at radius 1 is 1.19 bits per heavy atom. The van der Waals surface area contributed by atoms with Crippen molar-refractivity contribution in [2.45, 2.75) is 12.5 Å². The molecule has 1 aromatic rings. The van der Waals surface area contributed by atoms with Gasteiger partial charge in [-0.05, 0) is 12.1 Å². The number of rotatable bonds is 2. The van der Waals surface area contributed by atoms with Gasteiger partial charge in [-0.25, -0.2) is 0 Å². The van der Waals surface area contributed by atoms with Crippen molar-refractivity contribution < 1.29 is 0 Å². The van der Waals surface area contributed by atoms with Gasteiger partial charge in [0.1, 0.15) is 6.04 Å². The van der Waals surface area contributed by atoms with Gasteiger partial charge in [0.2, 0.25) is 0 Å². The van der Waals surface area contributed by atoms with Crippen molar-refractivity contribution in [1.82, 2.24) is 0 Å². The number of anilines is 1. The molecule has 0 saturated heterocycles. The summed E-state index contributed by atoms with van der Waals surface area (Å²) in [6.45, 7) is 0. The first kappa shape index (κ1) is 10.6. The second-order valence-electron chi connectivity index (χ2n) is 3.73. The van der Waals surface area contributed by atoms with E-state index in [9.17, 15) is 0 Å². The van der Waals surface area contributed by atoms with E-state index in [1.54, 1.807) is 0 Å². The quantitative estimate of drug-likeness (QED) is 0.677. The van der Waals surface area contributed by atoms with Gasteiger partial charge in [-0.2, -0.15) is 0 Å². The highest BCUT2D eigenvalue weighted by atomic mass is 15.1. The Balaban J connectivity index is 2.20. The van der Waals surface area contributed by atoms with Crippen LogP contribution in [-0.2, 0) is 0 Å².